The summed E-state index contributed by atoms with van der Waals surface area (Å²) in [6.45, 7) is 11.2. The second-order valence-electron chi connectivity index (χ2n) is 6.52. The van der Waals surface area contributed by atoms with Gasteiger partial charge in [0.1, 0.15) is 0 Å². The van der Waals surface area contributed by atoms with Crippen molar-refractivity contribution in [1.82, 2.24) is 4.90 Å². The van der Waals surface area contributed by atoms with Crippen LogP contribution in [0.1, 0.15) is 47.5 Å². The van der Waals surface area contributed by atoms with Gasteiger partial charge in [-0.25, -0.2) is 0 Å². The van der Waals surface area contributed by atoms with E-state index < -0.39 is 0 Å². The molecule has 1 atom stereocenters. The molecule has 3 heteroatoms. The number of carbonyl (C=O) groups excluding carboxylic acids is 1. The fourth-order valence-corrected chi connectivity index (χ4v) is 2.29. The first-order chi connectivity index (χ1) is 6.62. The Kier molecular flexibility index (Phi) is 3.15. The van der Waals surface area contributed by atoms with Gasteiger partial charge in [-0.05, 0) is 25.7 Å². The van der Waals surface area contributed by atoms with Crippen molar-refractivity contribution < 1.29 is 4.79 Å². The Morgan fingerprint density at radius 1 is 1.47 bits per heavy atom. The smallest absolute Gasteiger partial charge is 0.223 e. The van der Waals surface area contributed by atoms with Crippen LogP contribution in [0.5, 0.6) is 0 Å². The molecule has 1 saturated heterocycles. The molecular formula is C12H24N2O. The maximum Gasteiger partial charge on any atom is 0.223 e. The zero-order chi connectivity index (χ0) is 11.9. The van der Waals surface area contributed by atoms with Gasteiger partial charge in [0.2, 0.25) is 5.91 Å². The van der Waals surface area contributed by atoms with Crippen LogP contribution >= 0.6 is 0 Å². The second-order valence-corrected chi connectivity index (χ2v) is 6.52. The minimum atomic E-state index is -0.0677. The average Bonchev–Trinajstić information content (AvgIpc) is 2.20. The third-order valence-electron chi connectivity index (χ3n) is 2.89. The van der Waals surface area contributed by atoms with Gasteiger partial charge >= 0.3 is 0 Å². The van der Waals surface area contributed by atoms with Gasteiger partial charge in [-0.3, -0.25) is 4.79 Å². The summed E-state index contributed by atoms with van der Waals surface area (Å²) in [6, 6.07) is 0.143. The zero-order valence-corrected chi connectivity index (χ0v) is 10.6. The molecule has 0 aromatic carbocycles. The zero-order valence-electron chi connectivity index (χ0n) is 10.6. The lowest BCUT2D eigenvalue weighted by atomic mass is 9.90. The van der Waals surface area contributed by atoms with Crippen LogP contribution in [0.4, 0.5) is 0 Å². The number of hydrogen-bond donors (Lipinski definition) is 1. The molecule has 1 unspecified atom stereocenters. The number of rotatable bonds is 1. The van der Waals surface area contributed by atoms with Gasteiger partial charge < -0.3 is 10.6 Å². The SMILES string of the molecule is CC(C)(C)CC(=O)N1CC(N)CC1(C)C. The van der Waals surface area contributed by atoms with E-state index in [0.717, 1.165) is 6.42 Å². The predicted molar refractivity (Wildman–Crippen MR) is 62.5 cm³/mol. The summed E-state index contributed by atoms with van der Waals surface area (Å²) in [5.74, 6) is 0.237. The molecule has 1 amide bonds. The Bertz CT molecular complexity index is 253. The minimum absolute atomic E-state index is 0.0554. The molecule has 0 aromatic heterocycles. The van der Waals surface area contributed by atoms with E-state index >= 15 is 0 Å². The molecule has 2 N–H and O–H groups in total. The van der Waals surface area contributed by atoms with Crippen LogP contribution in [-0.4, -0.2) is 28.9 Å². The fraction of sp³-hybridized carbons (Fsp3) is 0.917. The van der Waals surface area contributed by atoms with E-state index in [1.54, 1.807) is 0 Å². The minimum Gasteiger partial charge on any atom is -0.336 e. The maximum absolute atomic E-state index is 12.1. The fourth-order valence-electron chi connectivity index (χ4n) is 2.29. The summed E-state index contributed by atoms with van der Waals surface area (Å²) in [4.78, 5) is 14.0. The van der Waals surface area contributed by atoms with Crippen LogP contribution in [0.2, 0.25) is 0 Å². The highest BCUT2D eigenvalue weighted by atomic mass is 16.2. The molecule has 0 radical (unpaired) electrons. The normalized spacial score (nSPS) is 25.7. The van der Waals surface area contributed by atoms with E-state index in [-0.39, 0.29) is 22.9 Å². The number of hydrogen-bond acceptors (Lipinski definition) is 2. The Morgan fingerprint density at radius 3 is 2.33 bits per heavy atom. The summed E-state index contributed by atoms with van der Waals surface area (Å²) >= 11 is 0. The molecule has 0 aromatic rings. The summed E-state index contributed by atoms with van der Waals surface area (Å²) < 4.78 is 0. The van der Waals surface area contributed by atoms with Crippen LogP contribution in [0, 0.1) is 5.41 Å². The highest BCUT2D eigenvalue weighted by Gasteiger charge is 2.40. The highest BCUT2D eigenvalue weighted by Crippen LogP contribution is 2.30. The maximum atomic E-state index is 12.1. The van der Waals surface area contributed by atoms with Gasteiger partial charge in [0.05, 0.1) is 0 Å². The van der Waals surface area contributed by atoms with Crippen molar-refractivity contribution in [3.8, 4) is 0 Å². The van der Waals surface area contributed by atoms with E-state index in [0.29, 0.717) is 13.0 Å². The van der Waals surface area contributed by atoms with Gasteiger partial charge in [0, 0.05) is 24.5 Å². The molecule has 15 heavy (non-hydrogen) atoms. The van der Waals surface area contributed by atoms with Gasteiger partial charge in [0.15, 0.2) is 0 Å². The lowest BCUT2D eigenvalue weighted by Crippen LogP contribution is -2.44. The monoisotopic (exact) mass is 212 g/mol. The quantitative estimate of drug-likeness (QED) is 0.720. The Balaban J connectivity index is 2.68. The Labute approximate surface area is 93.0 Å². The first-order valence-electron chi connectivity index (χ1n) is 5.68. The average molecular weight is 212 g/mol. The van der Waals surface area contributed by atoms with Crippen molar-refractivity contribution in [3.63, 3.8) is 0 Å². The molecule has 0 bridgehead atoms. The van der Waals surface area contributed by atoms with E-state index in [1.165, 1.54) is 0 Å². The molecule has 0 saturated carbocycles. The van der Waals surface area contributed by atoms with Gasteiger partial charge in [0.25, 0.3) is 0 Å². The number of likely N-dealkylation sites (tertiary alicyclic amines) is 1. The highest BCUT2D eigenvalue weighted by molar-refractivity contribution is 5.78. The molecule has 1 fully saturated rings. The topological polar surface area (TPSA) is 46.3 Å². The van der Waals surface area contributed by atoms with E-state index in [2.05, 4.69) is 34.6 Å². The first-order valence-corrected chi connectivity index (χ1v) is 5.68. The third kappa shape index (κ3) is 3.20. The number of nitrogens with two attached hydrogens (primary N) is 1. The molecule has 1 aliphatic heterocycles. The number of amides is 1. The predicted octanol–water partition coefficient (Wildman–Crippen LogP) is 1.76. The molecule has 1 rings (SSSR count). The van der Waals surface area contributed by atoms with Gasteiger partial charge in [-0.15, -0.1) is 0 Å². The van der Waals surface area contributed by atoms with Crippen molar-refractivity contribution in [2.75, 3.05) is 6.54 Å². The van der Waals surface area contributed by atoms with Crippen molar-refractivity contribution in [1.29, 1.82) is 0 Å². The number of carbonyl (C=O) groups is 1. The Morgan fingerprint density at radius 2 is 2.00 bits per heavy atom. The van der Waals surface area contributed by atoms with Gasteiger partial charge in [-0.1, -0.05) is 20.8 Å². The largest absolute Gasteiger partial charge is 0.336 e. The van der Waals surface area contributed by atoms with E-state index in [9.17, 15) is 4.79 Å². The van der Waals surface area contributed by atoms with Crippen molar-refractivity contribution in [2.45, 2.75) is 59.0 Å². The molecule has 3 nitrogen and oxygen atoms in total. The van der Waals surface area contributed by atoms with Crippen LogP contribution in [0.3, 0.4) is 0 Å². The lowest BCUT2D eigenvalue weighted by molar-refractivity contribution is -0.136. The number of nitrogens with zero attached hydrogens (tertiary/aromatic N) is 1. The van der Waals surface area contributed by atoms with Crippen molar-refractivity contribution in [2.24, 2.45) is 11.1 Å². The van der Waals surface area contributed by atoms with Crippen molar-refractivity contribution in [3.05, 3.63) is 0 Å². The summed E-state index contributed by atoms with van der Waals surface area (Å²) in [7, 11) is 0. The molecule has 0 aliphatic carbocycles. The van der Waals surface area contributed by atoms with Crippen LogP contribution in [0.15, 0.2) is 0 Å². The Hall–Kier alpha value is -0.570. The molecule has 88 valence electrons. The standard InChI is InChI=1S/C12H24N2O/c1-11(2,3)7-10(15)14-8-9(13)6-12(14,4)5/h9H,6-8,13H2,1-5H3. The van der Waals surface area contributed by atoms with E-state index in [4.69, 9.17) is 5.73 Å². The van der Waals surface area contributed by atoms with Crippen molar-refractivity contribution >= 4 is 5.91 Å². The van der Waals surface area contributed by atoms with Crippen LogP contribution in [0.25, 0.3) is 0 Å². The van der Waals surface area contributed by atoms with Crippen LogP contribution < -0.4 is 5.73 Å². The summed E-state index contributed by atoms with van der Waals surface area (Å²) in [6.07, 6.45) is 1.51. The second kappa shape index (κ2) is 3.78. The molecule has 0 spiro atoms. The summed E-state index contributed by atoms with van der Waals surface area (Å²) in [5, 5.41) is 0. The third-order valence-corrected chi connectivity index (χ3v) is 2.89. The van der Waals surface area contributed by atoms with Crippen LogP contribution in [-0.2, 0) is 4.79 Å². The van der Waals surface area contributed by atoms with Gasteiger partial charge in [-0.2, -0.15) is 0 Å². The lowest BCUT2D eigenvalue weighted by Gasteiger charge is -2.33. The molecule has 1 aliphatic rings. The molecule has 1 heterocycles. The first kappa shape index (κ1) is 12.5. The van der Waals surface area contributed by atoms with E-state index in [1.807, 2.05) is 4.90 Å². The molecular weight excluding hydrogens is 188 g/mol. The summed E-state index contributed by atoms with van der Waals surface area (Å²) in [5.41, 5.74) is 5.90.